The maximum atomic E-state index is 13.5. The van der Waals surface area contributed by atoms with E-state index in [1.807, 2.05) is 0 Å². The van der Waals surface area contributed by atoms with E-state index in [0.29, 0.717) is 19.2 Å². The molecule has 0 saturated carbocycles. The average molecular weight is 436 g/mol. The van der Waals surface area contributed by atoms with Gasteiger partial charge in [-0.2, -0.15) is 18.2 Å². The zero-order valence-electron chi connectivity index (χ0n) is 16.1. The van der Waals surface area contributed by atoms with Gasteiger partial charge in [-0.05, 0) is 24.6 Å². The van der Waals surface area contributed by atoms with Crippen LogP contribution in [0.4, 0.5) is 41.1 Å². The number of carbonyl (C=O) groups is 2. The summed E-state index contributed by atoms with van der Waals surface area (Å²) < 4.78 is 40.5. The van der Waals surface area contributed by atoms with E-state index in [1.54, 1.807) is 12.1 Å². The number of halogens is 3. The van der Waals surface area contributed by atoms with Crippen LogP contribution in [-0.4, -0.2) is 51.1 Å². The van der Waals surface area contributed by atoms with Crippen molar-refractivity contribution in [1.82, 2.24) is 14.9 Å². The molecule has 1 fully saturated rings. The summed E-state index contributed by atoms with van der Waals surface area (Å²) in [4.78, 5) is 31.5. The number of hydrogen-bond donors (Lipinski definition) is 4. The van der Waals surface area contributed by atoms with Crippen molar-refractivity contribution in [1.29, 1.82) is 0 Å². The van der Waals surface area contributed by atoms with Crippen LogP contribution in [0, 0.1) is 0 Å². The molecule has 2 aromatic rings. The Balaban J connectivity index is 1.88. The minimum atomic E-state index is -4.73. The molecule has 0 bridgehead atoms. The number of alkyl halides is 3. The number of amides is 2. The third kappa shape index (κ3) is 5.41. The Hall–Kier alpha value is -3.83. The Labute approximate surface area is 175 Å². The monoisotopic (exact) mass is 436 g/mol. The average Bonchev–Trinajstić information content (AvgIpc) is 3.17. The molecule has 31 heavy (non-hydrogen) atoms. The van der Waals surface area contributed by atoms with E-state index in [9.17, 15) is 22.8 Å². The topological polar surface area (TPSA) is 119 Å². The van der Waals surface area contributed by atoms with Crippen LogP contribution in [0.25, 0.3) is 0 Å². The molecule has 0 radical (unpaired) electrons. The molecule has 2 amide bonds. The van der Waals surface area contributed by atoms with E-state index in [0.717, 1.165) is 6.08 Å². The number of rotatable bonds is 6. The highest BCUT2D eigenvalue weighted by molar-refractivity contribution is 6.01. The zero-order chi connectivity index (χ0) is 22.6. The molecule has 12 heteroatoms. The normalized spacial score (nSPS) is 16.0. The van der Waals surface area contributed by atoms with Gasteiger partial charge in [-0.15, -0.1) is 0 Å². The second kappa shape index (κ2) is 8.90. The minimum Gasteiger partial charge on any atom is -0.465 e. The van der Waals surface area contributed by atoms with Gasteiger partial charge in [0.1, 0.15) is 11.4 Å². The Bertz CT molecular complexity index is 998. The Kier molecular flexibility index (Phi) is 6.28. The predicted molar refractivity (Wildman–Crippen MR) is 107 cm³/mol. The number of nitrogens with one attached hydrogen (secondary N) is 3. The quantitative estimate of drug-likeness (QED) is 0.512. The molecule has 2 heterocycles. The van der Waals surface area contributed by atoms with Crippen LogP contribution in [0.1, 0.15) is 12.0 Å². The SMILES string of the molecule is C=CC(=O)Nc1ccccc1Nc1nc(N[C@H]2CCN(C(=O)O)C2)ncc1C(F)(F)F. The molecule has 0 aliphatic carbocycles. The van der Waals surface area contributed by atoms with Crippen LogP contribution < -0.4 is 16.0 Å². The second-order valence-electron chi connectivity index (χ2n) is 6.68. The Morgan fingerprint density at radius 3 is 2.58 bits per heavy atom. The lowest BCUT2D eigenvalue weighted by atomic mass is 10.2. The number of carbonyl (C=O) groups excluding carboxylic acids is 1. The van der Waals surface area contributed by atoms with Gasteiger partial charge < -0.3 is 26.0 Å². The molecule has 4 N–H and O–H groups in total. The van der Waals surface area contributed by atoms with Crippen LogP contribution in [0.15, 0.2) is 43.1 Å². The van der Waals surface area contributed by atoms with Gasteiger partial charge in [-0.1, -0.05) is 18.7 Å². The molecule has 1 aromatic carbocycles. The maximum absolute atomic E-state index is 13.5. The third-order valence-electron chi connectivity index (χ3n) is 4.51. The van der Waals surface area contributed by atoms with Gasteiger partial charge in [-0.3, -0.25) is 4.79 Å². The molecule has 164 valence electrons. The minimum absolute atomic E-state index is 0.0830. The number of nitrogens with zero attached hydrogens (tertiary/aromatic N) is 3. The molecule has 1 aromatic heterocycles. The fourth-order valence-corrected chi connectivity index (χ4v) is 3.00. The van der Waals surface area contributed by atoms with Gasteiger partial charge in [0.05, 0.1) is 11.4 Å². The molecule has 1 saturated heterocycles. The third-order valence-corrected chi connectivity index (χ3v) is 4.51. The molecule has 1 atom stereocenters. The standard InChI is InChI=1S/C19H19F3N6O3/c1-2-15(29)25-13-5-3-4-6-14(13)26-16-12(19(20,21)22)9-23-17(27-16)24-11-7-8-28(10-11)18(30)31/h2-6,9,11H,1,7-8,10H2,(H,25,29)(H,30,31)(H2,23,24,26,27)/t11-/m0/s1. The first-order valence-electron chi connectivity index (χ1n) is 9.15. The largest absolute Gasteiger partial charge is 0.465 e. The first kappa shape index (κ1) is 21.9. The summed E-state index contributed by atoms with van der Waals surface area (Å²) in [5, 5.41) is 17.0. The van der Waals surface area contributed by atoms with Crippen molar-refractivity contribution in [3.63, 3.8) is 0 Å². The molecule has 0 spiro atoms. The van der Waals surface area contributed by atoms with Crippen molar-refractivity contribution in [2.45, 2.75) is 18.6 Å². The molecular weight excluding hydrogens is 417 g/mol. The highest BCUT2D eigenvalue weighted by Gasteiger charge is 2.36. The lowest BCUT2D eigenvalue weighted by molar-refractivity contribution is -0.137. The van der Waals surface area contributed by atoms with Crippen molar-refractivity contribution < 1.29 is 27.9 Å². The number of anilines is 4. The predicted octanol–water partition coefficient (Wildman–Crippen LogP) is 3.53. The molecule has 3 rings (SSSR count). The first-order valence-corrected chi connectivity index (χ1v) is 9.15. The molecule has 1 aliphatic heterocycles. The van der Waals surface area contributed by atoms with E-state index in [4.69, 9.17) is 5.11 Å². The Morgan fingerprint density at radius 2 is 1.97 bits per heavy atom. The molecule has 0 unspecified atom stereocenters. The van der Waals surface area contributed by atoms with Crippen LogP contribution >= 0.6 is 0 Å². The van der Waals surface area contributed by atoms with Gasteiger partial charge in [-0.25, -0.2) is 9.78 Å². The highest BCUT2D eigenvalue weighted by Crippen LogP contribution is 2.36. The van der Waals surface area contributed by atoms with Crippen molar-refractivity contribution in [3.8, 4) is 0 Å². The van der Waals surface area contributed by atoms with Crippen LogP contribution in [-0.2, 0) is 11.0 Å². The maximum Gasteiger partial charge on any atom is 0.421 e. The van der Waals surface area contributed by atoms with E-state index < -0.39 is 29.6 Å². The van der Waals surface area contributed by atoms with Crippen molar-refractivity contribution in [2.24, 2.45) is 0 Å². The molecular formula is C19H19F3N6O3. The lowest BCUT2D eigenvalue weighted by Crippen LogP contribution is -2.30. The van der Waals surface area contributed by atoms with E-state index in [-0.39, 0.29) is 29.9 Å². The highest BCUT2D eigenvalue weighted by atomic mass is 19.4. The van der Waals surface area contributed by atoms with Gasteiger partial charge in [0, 0.05) is 25.3 Å². The van der Waals surface area contributed by atoms with E-state index in [2.05, 4.69) is 32.5 Å². The summed E-state index contributed by atoms with van der Waals surface area (Å²) in [5.41, 5.74) is -0.672. The number of carboxylic acid groups (broad SMARTS) is 1. The van der Waals surface area contributed by atoms with Crippen molar-refractivity contribution in [3.05, 3.63) is 48.7 Å². The molecule has 9 nitrogen and oxygen atoms in total. The fourth-order valence-electron chi connectivity index (χ4n) is 3.00. The van der Waals surface area contributed by atoms with Gasteiger partial charge >= 0.3 is 12.3 Å². The summed E-state index contributed by atoms with van der Waals surface area (Å²) in [6.07, 6.45) is -3.65. The molecule has 1 aliphatic rings. The summed E-state index contributed by atoms with van der Waals surface area (Å²) in [5.74, 6) is -1.13. The van der Waals surface area contributed by atoms with E-state index in [1.165, 1.54) is 17.0 Å². The Morgan fingerprint density at radius 1 is 1.26 bits per heavy atom. The van der Waals surface area contributed by atoms with Crippen molar-refractivity contribution in [2.75, 3.05) is 29.0 Å². The number of aromatic nitrogens is 2. The van der Waals surface area contributed by atoms with Gasteiger partial charge in [0.25, 0.3) is 0 Å². The van der Waals surface area contributed by atoms with Gasteiger partial charge in [0.2, 0.25) is 11.9 Å². The van der Waals surface area contributed by atoms with E-state index >= 15 is 0 Å². The second-order valence-corrected chi connectivity index (χ2v) is 6.68. The first-order chi connectivity index (χ1) is 14.7. The van der Waals surface area contributed by atoms with Crippen LogP contribution in [0.3, 0.4) is 0 Å². The summed E-state index contributed by atoms with van der Waals surface area (Å²) >= 11 is 0. The number of para-hydroxylation sites is 2. The van der Waals surface area contributed by atoms with Crippen LogP contribution in [0.5, 0.6) is 0 Å². The number of benzene rings is 1. The van der Waals surface area contributed by atoms with Crippen molar-refractivity contribution >= 4 is 35.1 Å². The fraction of sp³-hybridized carbons (Fsp3) is 0.263. The number of hydrogen-bond acceptors (Lipinski definition) is 6. The van der Waals surface area contributed by atoms with Crippen LogP contribution in [0.2, 0.25) is 0 Å². The number of likely N-dealkylation sites (tertiary alicyclic amines) is 1. The van der Waals surface area contributed by atoms with Gasteiger partial charge in [0.15, 0.2) is 0 Å². The summed E-state index contributed by atoms with van der Waals surface area (Å²) in [6, 6.07) is 5.85. The lowest BCUT2D eigenvalue weighted by Gasteiger charge is -2.18. The zero-order valence-corrected chi connectivity index (χ0v) is 16.1. The smallest absolute Gasteiger partial charge is 0.421 e. The summed E-state index contributed by atoms with van der Waals surface area (Å²) in [6.45, 7) is 3.81. The summed E-state index contributed by atoms with van der Waals surface area (Å²) in [7, 11) is 0.